The van der Waals surface area contributed by atoms with E-state index in [9.17, 15) is 4.79 Å². The van der Waals surface area contributed by atoms with Crippen LogP contribution in [-0.2, 0) is 12.5 Å². The van der Waals surface area contributed by atoms with E-state index in [1.165, 1.54) is 0 Å². The molecule has 1 rings (SSSR count). The number of hydrogen-bond acceptors (Lipinski definition) is 2. The second kappa shape index (κ2) is 2.98. The number of rotatable bonds is 1. The van der Waals surface area contributed by atoms with Gasteiger partial charge in [0.05, 0.1) is 11.3 Å². The van der Waals surface area contributed by atoms with Gasteiger partial charge in [-0.3, -0.25) is 9.48 Å². The van der Waals surface area contributed by atoms with Crippen molar-refractivity contribution in [3.05, 3.63) is 17.5 Å². The van der Waals surface area contributed by atoms with E-state index in [2.05, 4.69) is 25.9 Å². The van der Waals surface area contributed by atoms with Gasteiger partial charge in [0.1, 0.15) is 0 Å². The van der Waals surface area contributed by atoms with Crippen LogP contribution in [0.2, 0.25) is 0 Å². The predicted molar refractivity (Wildman–Crippen MR) is 51.9 cm³/mol. The molecule has 72 valence electrons. The molecular formula is C10H16N2O. The second-order valence-corrected chi connectivity index (χ2v) is 4.37. The van der Waals surface area contributed by atoms with Crippen LogP contribution in [0.1, 0.15) is 43.7 Å². The van der Waals surface area contributed by atoms with Gasteiger partial charge in [-0.25, -0.2) is 0 Å². The van der Waals surface area contributed by atoms with E-state index in [0.29, 0.717) is 0 Å². The van der Waals surface area contributed by atoms with Crippen LogP contribution in [0.3, 0.4) is 0 Å². The summed E-state index contributed by atoms with van der Waals surface area (Å²) in [5.74, 6) is 0.0815. The molecule has 0 N–H and O–H groups in total. The summed E-state index contributed by atoms with van der Waals surface area (Å²) in [5, 5.41) is 4.30. The molecule has 0 aromatic carbocycles. The molecule has 0 bridgehead atoms. The summed E-state index contributed by atoms with van der Waals surface area (Å²) in [5.41, 5.74) is 1.54. The molecule has 0 radical (unpaired) electrons. The van der Waals surface area contributed by atoms with Gasteiger partial charge in [-0.15, -0.1) is 0 Å². The quantitative estimate of drug-likeness (QED) is 0.619. The topological polar surface area (TPSA) is 34.9 Å². The van der Waals surface area contributed by atoms with E-state index in [1.54, 1.807) is 17.8 Å². The van der Waals surface area contributed by atoms with E-state index in [-0.39, 0.29) is 11.2 Å². The predicted octanol–water partition coefficient (Wildman–Crippen LogP) is 1.92. The molecule has 0 saturated carbocycles. The lowest BCUT2D eigenvalue weighted by atomic mass is 9.89. The molecular weight excluding hydrogens is 164 g/mol. The fourth-order valence-corrected chi connectivity index (χ4v) is 1.30. The van der Waals surface area contributed by atoms with Crippen molar-refractivity contribution in [3.8, 4) is 0 Å². The Bertz CT molecular complexity index is 331. The van der Waals surface area contributed by atoms with Crippen molar-refractivity contribution in [2.45, 2.75) is 33.1 Å². The lowest BCUT2D eigenvalue weighted by Crippen LogP contribution is -2.16. The normalized spacial score (nSPS) is 11.8. The van der Waals surface area contributed by atoms with Crippen LogP contribution in [0.25, 0.3) is 0 Å². The Morgan fingerprint density at radius 3 is 2.31 bits per heavy atom. The van der Waals surface area contributed by atoms with Crippen LogP contribution in [0.4, 0.5) is 0 Å². The van der Waals surface area contributed by atoms with Crippen LogP contribution in [0.15, 0.2) is 6.20 Å². The Morgan fingerprint density at radius 1 is 1.46 bits per heavy atom. The minimum absolute atomic E-state index is 0.0672. The summed E-state index contributed by atoms with van der Waals surface area (Å²) in [6.45, 7) is 7.75. The highest BCUT2D eigenvalue weighted by Crippen LogP contribution is 2.24. The molecule has 0 aliphatic carbocycles. The summed E-state index contributed by atoms with van der Waals surface area (Å²) in [6.07, 6.45) is 1.78. The molecule has 0 saturated heterocycles. The van der Waals surface area contributed by atoms with E-state index in [1.807, 2.05) is 7.05 Å². The summed E-state index contributed by atoms with van der Waals surface area (Å²) >= 11 is 0. The van der Waals surface area contributed by atoms with Crippen LogP contribution >= 0.6 is 0 Å². The van der Waals surface area contributed by atoms with Crippen molar-refractivity contribution in [2.24, 2.45) is 7.05 Å². The minimum Gasteiger partial charge on any atom is -0.294 e. The first kappa shape index (κ1) is 9.96. The van der Waals surface area contributed by atoms with Crippen molar-refractivity contribution in [3.63, 3.8) is 0 Å². The Labute approximate surface area is 78.8 Å². The van der Waals surface area contributed by atoms with E-state index in [4.69, 9.17) is 0 Å². The highest BCUT2D eigenvalue weighted by atomic mass is 16.1. The third kappa shape index (κ3) is 1.97. The summed E-state index contributed by atoms with van der Waals surface area (Å²) in [4.78, 5) is 11.3. The van der Waals surface area contributed by atoms with Crippen LogP contribution in [0, 0.1) is 0 Å². The van der Waals surface area contributed by atoms with Crippen molar-refractivity contribution >= 4 is 5.78 Å². The largest absolute Gasteiger partial charge is 0.294 e. The van der Waals surface area contributed by atoms with Crippen LogP contribution < -0.4 is 0 Å². The Balaban J connectivity index is 3.28. The maximum Gasteiger partial charge on any atom is 0.163 e. The van der Waals surface area contributed by atoms with Gasteiger partial charge in [-0.2, -0.15) is 5.10 Å². The van der Waals surface area contributed by atoms with Crippen molar-refractivity contribution in [1.82, 2.24) is 9.78 Å². The molecule has 0 atom stereocenters. The number of Topliss-reactive ketones (excluding diaryl/α,β-unsaturated/α-hetero) is 1. The second-order valence-electron chi connectivity index (χ2n) is 4.37. The average Bonchev–Trinajstić information content (AvgIpc) is 2.29. The molecule has 13 heavy (non-hydrogen) atoms. The molecule has 0 aliphatic heterocycles. The number of nitrogens with zero attached hydrogens (tertiary/aromatic N) is 2. The van der Waals surface area contributed by atoms with Gasteiger partial charge in [0.2, 0.25) is 0 Å². The van der Waals surface area contributed by atoms with Gasteiger partial charge < -0.3 is 0 Å². The van der Waals surface area contributed by atoms with E-state index in [0.717, 1.165) is 11.3 Å². The van der Waals surface area contributed by atoms with Crippen LogP contribution in [-0.4, -0.2) is 15.6 Å². The highest BCUT2D eigenvalue weighted by Gasteiger charge is 2.23. The average molecular weight is 180 g/mol. The third-order valence-electron chi connectivity index (χ3n) is 1.92. The smallest absolute Gasteiger partial charge is 0.163 e. The van der Waals surface area contributed by atoms with Gasteiger partial charge in [0, 0.05) is 18.7 Å². The molecule has 3 heteroatoms. The maximum atomic E-state index is 11.3. The highest BCUT2D eigenvalue weighted by molar-refractivity contribution is 5.95. The molecule has 0 fully saturated rings. The summed E-state index contributed by atoms with van der Waals surface area (Å²) in [6, 6.07) is 0. The van der Waals surface area contributed by atoms with E-state index >= 15 is 0 Å². The molecule has 0 spiro atoms. The van der Waals surface area contributed by atoms with Crippen molar-refractivity contribution in [1.29, 1.82) is 0 Å². The Morgan fingerprint density at radius 2 is 2.00 bits per heavy atom. The first-order chi connectivity index (χ1) is 5.82. The zero-order valence-corrected chi connectivity index (χ0v) is 8.88. The standard InChI is InChI=1S/C10H16N2O/c1-7(13)8-6-12(5)11-9(8)10(2,3)4/h6H,1-5H3. The zero-order chi connectivity index (χ0) is 10.2. The SMILES string of the molecule is CC(=O)c1cn(C)nc1C(C)(C)C. The first-order valence-corrected chi connectivity index (χ1v) is 4.37. The monoisotopic (exact) mass is 180 g/mol. The Hall–Kier alpha value is -1.12. The fraction of sp³-hybridized carbons (Fsp3) is 0.600. The lowest BCUT2D eigenvalue weighted by Gasteiger charge is -2.16. The summed E-state index contributed by atoms with van der Waals surface area (Å²) < 4.78 is 1.69. The van der Waals surface area contributed by atoms with Crippen molar-refractivity contribution in [2.75, 3.05) is 0 Å². The number of carbonyl (C=O) groups excluding carboxylic acids is 1. The maximum absolute atomic E-state index is 11.3. The number of aryl methyl sites for hydroxylation is 1. The van der Waals surface area contributed by atoms with Gasteiger partial charge in [-0.1, -0.05) is 20.8 Å². The van der Waals surface area contributed by atoms with Crippen molar-refractivity contribution < 1.29 is 4.79 Å². The van der Waals surface area contributed by atoms with E-state index < -0.39 is 0 Å². The molecule has 0 amide bonds. The van der Waals surface area contributed by atoms with Crippen LogP contribution in [0.5, 0.6) is 0 Å². The number of aromatic nitrogens is 2. The number of carbonyl (C=O) groups is 1. The lowest BCUT2D eigenvalue weighted by molar-refractivity contribution is 0.101. The molecule has 0 unspecified atom stereocenters. The molecule has 1 aromatic rings. The molecule has 0 aliphatic rings. The van der Waals surface area contributed by atoms with Gasteiger partial charge >= 0.3 is 0 Å². The minimum atomic E-state index is -0.0672. The summed E-state index contributed by atoms with van der Waals surface area (Å²) in [7, 11) is 1.84. The molecule has 1 aromatic heterocycles. The molecule has 1 heterocycles. The first-order valence-electron chi connectivity index (χ1n) is 4.37. The van der Waals surface area contributed by atoms with Gasteiger partial charge in [-0.05, 0) is 6.92 Å². The zero-order valence-electron chi connectivity index (χ0n) is 8.88. The third-order valence-corrected chi connectivity index (χ3v) is 1.92. The number of hydrogen-bond donors (Lipinski definition) is 0. The number of ketones is 1. The Kier molecular flexibility index (Phi) is 2.28. The fourth-order valence-electron chi connectivity index (χ4n) is 1.30. The van der Waals surface area contributed by atoms with Gasteiger partial charge in [0.15, 0.2) is 5.78 Å². The van der Waals surface area contributed by atoms with Gasteiger partial charge in [0.25, 0.3) is 0 Å². The molecule has 3 nitrogen and oxygen atoms in total.